The summed E-state index contributed by atoms with van der Waals surface area (Å²) in [5.74, 6) is 0.656. The molecule has 0 spiro atoms. The largest absolute Gasteiger partial charge is 0.465 e. The van der Waals surface area contributed by atoms with Gasteiger partial charge >= 0.3 is 0 Å². The first-order chi connectivity index (χ1) is 12.7. The van der Waals surface area contributed by atoms with Crippen LogP contribution in [0.2, 0.25) is 0 Å². The maximum absolute atomic E-state index is 13.6. The highest BCUT2D eigenvalue weighted by atomic mass is 19.1. The minimum Gasteiger partial charge on any atom is -0.465 e. The van der Waals surface area contributed by atoms with Crippen LogP contribution in [0.25, 0.3) is 11.0 Å². The van der Waals surface area contributed by atoms with Crippen LogP contribution in [-0.4, -0.2) is 40.7 Å². The summed E-state index contributed by atoms with van der Waals surface area (Å²) in [5.41, 5.74) is 1.68. The molecule has 1 aromatic heterocycles. The number of rotatable bonds is 5. The second-order valence-corrected chi connectivity index (χ2v) is 7.87. The summed E-state index contributed by atoms with van der Waals surface area (Å²) >= 11 is 0. The van der Waals surface area contributed by atoms with Gasteiger partial charge in [-0.25, -0.2) is 4.39 Å². The number of hydrogen-bond acceptors (Lipinski definition) is 3. The molecule has 0 N–H and O–H groups in total. The Hall–Kier alpha value is -1.62. The van der Waals surface area contributed by atoms with E-state index in [0.29, 0.717) is 24.2 Å². The molecule has 1 aromatic carbocycles. The Morgan fingerprint density at radius 2 is 1.88 bits per heavy atom. The normalized spacial score (nSPS) is 20.7. The van der Waals surface area contributed by atoms with Gasteiger partial charge in [0.25, 0.3) is 6.01 Å². The van der Waals surface area contributed by atoms with E-state index in [0.717, 1.165) is 37.4 Å². The zero-order valence-electron chi connectivity index (χ0n) is 15.8. The lowest BCUT2D eigenvalue weighted by Crippen LogP contribution is -2.38. The first-order valence-electron chi connectivity index (χ1n) is 10.3. The van der Waals surface area contributed by atoms with E-state index >= 15 is 0 Å². The van der Waals surface area contributed by atoms with Crippen molar-refractivity contribution in [3.05, 3.63) is 24.0 Å². The number of hydrogen-bond donors (Lipinski definition) is 0. The predicted octanol–water partition coefficient (Wildman–Crippen LogP) is 4.79. The SMILES string of the molecule is CCOc1nc2cc(F)ccc2n1C1CCN(CC2CCCCC2)CC1. The molecule has 5 heteroatoms. The van der Waals surface area contributed by atoms with Crippen LogP contribution in [-0.2, 0) is 0 Å². The third kappa shape index (κ3) is 3.73. The van der Waals surface area contributed by atoms with E-state index in [1.54, 1.807) is 0 Å². The third-order valence-corrected chi connectivity index (χ3v) is 6.06. The van der Waals surface area contributed by atoms with Gasteiger partial charge in [-0.2, -0.15) is 4.98 Å². The molecule has 4 nitrogen and oxygen atoms in total. The van der Waals surface area contributed by atoms with Crippen molar-refractivity contribution in [1.82, 2.24) is 14.5 Å². The second-order valence-electron chi connectivity index (χ2n) is 7.87. The smallest absolute Gasteiger partial charge is 0.297 e. The van der Waals surface area contributed by atoms with Gasteiger partial charge < -0.3 is 9.64 Å². The van der Waals surface area contributed by atoms with Crippen molar-refractivity contribution in [2.75, 3.05) is 26.2 Å². The van der Waals surface area contributed by atoms with Gasteiger partial charge in [0.05, 0.1) is 17.6 Å². The second kappa shape index (κ2) is 7.95. The van der Waals surface area contributed by atoms with Crippen molar-refractivity contribution in [1.29, 1.82) is 0 Å². The number of ether oxygens (including phenoxy) is 1. The van der Waals surface area contributed by atoms with Gasteiger partial charge in [-0.05, 0) is 50.7 Å². The number of imidazole rings is 1. The van der Waals surface area contributed by atoms with Crippen LogP contribution in [0.3, 0.4) is 0 Å². The lowest BCUT2D eigenvalue weighted by atomic mass is 9.88. The van der Waals surface area contributed by atoms with E-state index in [9.17, 15) is 4.39 Å². The van der Waals surface area contributed by atoms with Gasteiger partial charge in [-0.1, -0.05) is 19.3 Å². The van der Waals surface area contributed by atoms with Crippen LogP contribution in [0, 0.1) is 11.7 Å². The summed E-state index contributed by atoms with van der Waals surface area (Å²) < 4.78 is 21.6. The van der Waals surface area contributed by atoms with E-state index in [1.807, 2.05) is 13.0 Å². The number of piperidine rings is 1. The summed E-state index contributed by atoms with van der Waals surface area (Å²) in [6.45, 7) is 6.07. The maximum Gasteiger partial charge on any atom is 0.297 e. The molecule has 0 unspecified atom stereocenters. The highest BCUT2D eigenvalue weighted by Gasteiger charge is 2.27. The van der Waals surface area contributed by atoms with Gasteiger partial charge in [0.15, 0.2) is 0 Å². The third-order valence-electron chi connectivity index (χ3n) is 6.06. The summed E-state index contributed by atoms with van der Waals surface area (Å²) in [4.78, 5) is 7.18. The topological polar surface area (TPSA) is 30.3 Å². The van der Waals surface area contributed by atoms with Crippen LogP contribution in [0.1, 0.15) is 57.9 Å². The number of likely N-dealkylation sites (tertiary alicyclic amines) is 1. The van der Waals surface area contributed by atoms with E-state index in [1.165, 1.54) is 50.8 Å². The number of nitrogens with zero attached hydrogens (tertiary/aromatic N) is 3. The molecule has 0 bridgehead atoms. The molecule has 142 valence electrons. The maximum atomic E-state index is 13.6. The highest BCUT2D eigenvalue weighted by molar-refractivity contribution is 5.77. The van der Waals surface area contributed by atoms with Crippen molar-refractivity contribution in [2.45, 2.75) is 57.9 Å². The molecule has 1 saturated carbocycles. The number of halogens is 1. The van der Waals surface area contributed by atoms with Gasteiger partial charge in [-0.3, -0.25) is 4.57 Å². The van der Waals surface area contributed by atoms with Crippen molar-refractivity contribution < 1.29 is 9.13 Å². The quantitative estimate of drug-likeness (QED) is 0.769. The summed E-state index contributed by atoms with van der Waals surface area (Å²) in [7, 11) is 0. The molecule has 1 aliphatic carbocycles. The molecule has 0 atom stereocenters. The number of aromatic nitrogens is 2. The minimum absolute atomic E-state index is 0.243. The Bertz CT molecular complexity index is 730. The molecule has 2 heterocycles. The van der Waals surface area contributed by atoms with Crippen molar-refractivity contribution in [3.63, 3.8) is 0 Å². The molecular formula is C21H30FN3O. The van der Waals surface area contributed by atoms with Gasteiger partial charge in [0, 0.05) is 31.7 Å². The monoisotopic (exact) mass is 359 g/mol. The van der Waals surface area contributed by atoms with Crippen LogP contribution in [0.15, 0.2) is 18.2 Å². The zero-order valence-corrected chi connectivity index (χ0v) is 15.8. The standard InChI is InChI=1S/C21H30FN3O/c1-2-26-21-23-19-14-17(22)8-9-20(19)25(21)18-10-12-24(13-11-18)15-16-6-4-3-5-7-16/h8-9,14,16,18H,2-7,10-13,15H2,1H3. The molecule has 1 saturated heterocycles. The fourth-order valence-corrected chi connectivity index (χ4v) is 4.73. The lowest BCUT2D eigenvalue weighted by Gasteiger charge is -2.36. The average molecular weight is 359 g/mol. The Kier molecular flexibility index (Phi) is 5.44. The summed E-state index contributed by atoms with van der Waals surface area (Å²) in [5, 5.41) is 0. The van der Waals surface area contributed by atoms with Crippen molar-refractivity contribution in [3.8, 4) is 6.01 Å². The van der Waals surface area contributed by atoms with E-state index < -0.39 is 0 Å². The first-order valence-corrected chi connectivity index (χ1v) is 10.3. The fraction of sp³-hybridized carbons (Fsp3) is 0.667. The van der Waals surface area contributed by atoms with Crippen molar-refractivity contribution >= 4 is 11.0 Å². The van der Waals surface area contributed by atoms with Crippen LogP contribution in [0.5, 0.6) is 6.01 Å². The summed E-state index contributed by atoms with van der Waals surface area (Å²) in [6.07, 6.45) is 9.28. The lowest BCUT2D eigenvalue weighted by molar-refractivity contribution is 0.144. The number of fused-ring (bicyclic) bond motifs is 1. The van der Waals surface area contributed by atoms with Gasteiger partial charge in [-0.15, -0.1) is 0 Å². The van der Waals surface area contributed by atoms with Gasteiger partial charge in [0.1, 0.15) is 5.82 Å². The Labute approximate surface area is 155 Å². The van der Waals surface area contributed by atoms with Crippen molar-refractivity contribution in [2.24, 2.45) is 5.92 Å². The zero-order chi connectivity index (χ0) is 17.9. The van der Waals surface area contributed by atoms with Crippen LogP contribution in [0.4, 0.5) is 4.39 Å². The highest BCUT2D eigenvalue weighted by Crippen LogP contribution is 2.33. The molecular weight excluding hydrogens is 329 g/mol. The minimum atomic E-state index is -0.243. The molecule has 4 rings (SSSR count). The molecule has 0 radical (unpaired) electrons. The average Bonchev–Trinajstić information content (AvgIpc) is 3.00. The molecule has 2 fully saturated rings. The van der Waals surface area contributed by atoms with Gasteiger partial charge in [0.2, 0.25) is 0 Å². The molecule has 26 heavy (non-hydrogen) atoms. The van der Waals surface area contributed by atoms with E-state index in [-0.39, 0.29) is 5.82 Å². The molecule has 2 aromatic rings. The molecule has 2 aliphatic rings. The van der Waals surface area contributed by atoms with Crippen LogP contribution >= 0.6 is 0 Å². The Morgan fingerprint density at radius 3 is 2.62 bits per heavy atom. The van der Waals surface area contributed by atoms with E-state index in [4.69, 9.17) is 4.74 Å². The number of benzene rings is 1. The molecule has 1 aliphatic heterocycles. The fourth-order valence-electron chi connectivity index (χ4n) is 4.73. The van der Waals surface area contributed by atoms with Crippen LogP contribution < -0.4 is 4.74 Å². The summed E-state index contributed by atoms with van der Waals surface area (Å²) in [6, 6.07) is 5.89. The Balaban J connectivity index is 1.47. The molecule has 0 amide bonds. The predicted molar refractivity (Wildman–Crippen MR) is 102 cm³/mol. The Morgan fingerprint density at radius 1 is 1.12 bits per heavy atom. The van der Waals surface area contributed by atoms with E-state index in [2.05, 4.69) is 14.5 Å². The first kappa shape index (κ1) is 17.8.